The molecule has 2 N–H and O–H groups in total. The van der Waals surface area contributed by atoms with Gasteiger partial charge < -0.3 is 19.9 Å². The zero-order valence-electron chi connectivity index (χ0n) is 16.9. The number of benzene rings is 2. The number of nitrogen functional groups attached to an aromatic ring is 1. The van der Waals surface area contributed by atoms with E-state index in [9.17, 15) is 0 Å². The van der Waals surface area contributed by atoms with Gasteiger partial charge in [0.1, 0.15) is 5.82 Å². The van der Waals surface area contributed by atoms with Crippen LogP contribution in [0.3, 0.4) is 0 Å². The third kappa shape index (κ3) is 3.74. The fourth-order valence-corrected chi connectivity index (χ4v) is 3.18. The maximum absolute atomic E-state index is 6.21. The number of pyridine rings is 1. The molecular weight excluding hydrogens is 352 g/mol. The second-order valence-electron chi connectivity index (χ2n) is 6.85. The number of hydrogen-bond donors (Lipinski definition) is 1. The molecule has 2 aromatic carbocycles. The molecule has 1 aromatic heterocycles. The smallest absolute Gasteiger partial charge is 0.203 e. The van der Waals surface area contributed by atoms with E-state index in [-0.39, 0.29) is 0 Å². The van der Waals surface area contributed by atoms with Gasteiger partial charge in [0.25, 0.3) is 0 Å². The predicted molar refractivity (Wildman–Crippen MR) is 113 cm³/mol. The molecule has 0 fully saturated rings. The number of nitrogens with zero attached hydrogens (tertiary/aromatic N) is 1. The summed E-state index contributed by atoms with van der Waals surface area (Å²) >= 11 is 0. The van der Waals surface area contributed by atoms with Gasteiger partial charge in [-0.05, 0) is 40.8 Å². The molecule has 5 heteroatoms. The van der Waals surface area contributed by atoms with Crippen LogP contribution in [0.2, 0.25) is 0 Å². The first-order valence-corrected chi connectivity index (χ1v) is 9.14. The van der Waals surface area contributed by atoms with Crippen molar-refractivity contribution in [2.24, 2.45) is 0 Å². The van der Waals surface area contributed by atoms with Crippen molar-refractivity contribution in [1.82, 2.24) is 4.98 Å². The summed E-state index contributed by atoms with van der Waals surface area (Å²) in [5.41, 5.74) is 11.3. The highest BCUT2D eigenvalue weighted by Gasteiger charge is 2.16. The minimum atomic E-state index is 0.443. The van der Waals surface area contributed by atoms with Crippen molar-refractivity contribution >= 4 is 5.82 Å². The quantitative estimate of drug-likeness (QED) is 0.643. The Hall–Kier alpha value is -3.21. The maximum atomic E-state index is 6.21. The van der Waals surface area contributed by atoms with E-state index in [1.54, 1.807) is 27.5 Å². The Morgan fingerprint density at radius 2 is 1.50 bits per heavy atom. The normalized spacial score (nSPS) is 10.8. The lowest BCUT2D eigenvalue weighted by atomic mass is 9.96. The lowest BCUT2D eigenvalue weighted by molar-refractivity contribution is 0.324. The number of methoxy groups -OCH3 is 3. The Bertz CT molecular complexity index is 958. The molecule has 0 radical (unpaired) electrons. The molecule has 0 bridgehead atoms. The van der Waals surface area contributed by atoms with Gasteiger partial charge in [-0.1, -0.05) is 38.1 Å². The van der Waals surface area contributed by atoms with Crippen LogP contribution in [0.15, 0.2) is 48.7 Å². The van der Waals surface area contributed by atoms with Crippen LogP contribution in [-0.4, -0.2) is 26.3 Å². The molecule has 0 saturated carbocycles. The van der Waals surface area contributed by atoms with E-state index in [1.165, 1.54) is 5.56 Å². The second kappa shape index (κ2) is 8.21. The van der Waals surface area contributed by atoms with Crippen molar-refractivity contribution in [2.45, 2.75) is 19.8 Å². The summed E-state index contributed by atoms with van der Waals surface area (Å²) in [6.45, 7) is 4.36. The van der Waals surface area contributed by atoms with Gasteiger partial charge in [0.15, 0.2) is 11.5 Å². The predicted octanol–water partition coefficient (Wildman–Crippen LogP) is 5.15. The zero-order valence-corrected chi connectivity index (χ0v) is 16.9. The van der Waals surface area contributed by atoms with Crippen LogP contribution in [0.4, 0.5) is 5.82 Å². The summed E-state index contributed by atoms with van der Waals surface area (Å²) in [7, 11) is 4.77. The monoisotopic (exact) mass is 378 g/mol. The van der Waals surface area contributed by atoms with Crippen LogP contribution >= 0.6 is 0 Å². The van der Waals surface area contributed by atoms with Gasteiger partial charge in [0.05, 0.1) is 21.3 Å². The lowest BCUT2D eigenvalue weighted by Gasteiger charge is -2.15. The molecule has 0 aliphatic carbocycles. The molecular formula is C23H26N2O3. The molecule has 0 aliphatic rings. The van der Waals surface area contributed by atoms with Gasteiger partial charge in [-0.15, -0.1) is 0 Å². The molecule has 0 spiro atoms. The fourth-order valence-electron chi connectivity index (χ4n) is 3.18. The first kappa shape index (κ1) is 19.5. The Labute approximate surface area is 166 Å². The third-order valence-electron chi connectivity index (χ3n) is 4.78. The van der Waals surface area contributed by atoms with Crippen LogP contribution in [0.25, 0.3) is 22.3 Å². The van der Waals surface area contributed by atoms with Gasteiger partial charge in [0.2, 0.25) is 5.75 Å². The first-order valence-electron chi connectivity index (χ1n) is 9.14. The highest BCUT2D eigenvalue weighted by atomic mass is 16.5. The Balaban J connectivity index is 2.14. The SMILES string of the molecule is COc1cc(-c2cc(-c3cccc(C(C)C)c3)cnc2N)cc(OC)c1OC. The topological polar surface area (TPSA) is 66.6 Å². The lowest BCUT2D eigenvalue weighted by Crippen LogP contribution is -1.98. The fraction of sp³-hybridized carbons (Fsp3) is 0.261. The van der Waals surface area contributed by atoms with Crippen LogP contribution in [-0.2, 0) is 0 Å². The number of nitrogens with two attached hydrogens (primary N) is 1. The Morgan fingerprint density at radius 3 is 2.07 bits per heavy atom. The standard InChI is InChI=1S/C23H26N2O3/c1-14(2)15-7-6-8-16(9-15)18-10-19(23(24)25-13-18)17-11-20(26-3)22(28-5)21(12-17)27-4/h6-14H,1-5H3,(H2,24,25). The molecule has 1 heterocycles. The summed E-state index contributed by atoms with van der Waals surface area (Å²) in [5, 5.41) is 0. The second-order valence-corrected chi connectivity index (χ2v) is 6.85. The molecule has 3 rings (SSSR count). The zero-order chi connectivity index (χ0) is 20.3. The van der Waals surface area contributed by atoms with E-state index < -0.39 is 0 Å². The number of anilines is 1. The Kier molecular flexibility index (Phi) is 5.73. The average molecular weight is 378 g/mol. The molecule has 3 aromatic rings. The number of hydrogen-bond acceptors (Lipinski definition) is 5. The molecule has 5 nitrogen and oxygen atoms in total. The molecule has 0 unspecified atom stereocenters. The van der Waals surface area contributed by atoms with E-state index in [1.807, 2.05) is 18.2 Å². The number of aromatic nitrogens is 1. The molecule has 0 aliphatic heterocycles. The third-order valence-corrected chi connectivity index (χ3v) is 4.78. The summed E-state index contributed by atoms with van der Waals surface area (Å²) in [6, 6.07) is 14.3. The molecule has 28 heavy (non-hydrogen) atoms. The van der Waals surface area contributed by atoms with Crippen molar-refractivity contribution in [1.29, 1.82) is 0 Å². The van der Waals surface area contributed by atoms with Crippen molar-refractivity contribution in [2.75, 3.05) is 27.1 Å². The summed E-state index contributed by atoms with van der Waals surface area (Å²) in [5.74, 6) is 2.59. The minimum Gasteiger partial charge on any atom is -0.493 e. The van der Waals surface area contributed by atoms with Crippen molar-refractivity contribution in [3.8, 4) is 39.5 Å². The largest absolute Gasteiger partial charge is 0.493 e. The van der Waals surface area contributed by atoms with Crippen LogP contribution in [0.5, 0.6) is 17.2 Å². The summed E-state index contributed by atoms with van der Waals surface area (Å²) in [6.07, 6.45) is 1.80. The van der Waals surface area contributed by atoms with E-state index in [2.05, 4.69) is 43.1 Å². The van der Waals surface area contributed by atoms with Crippen molar-refractivity contribution in [3.05, 3.63) is 54.2 Å². The van der Waals surface area contributed by atoms with E-state index in [0.717, 1.165) is 22.3 Å². The van der Waals surface area contributed by atoms with E-state index in [4.69, 9.17) is 19.9 Å². The van der Waals surface area contributed by atoms with Crippen molar-refractivity contribution < 1.29 is 14.2 Å². The molecule has 0 atom stereocenters. The average Bonchev–Trinajstić information content (AvgIpc) is 2.73. The number of ether oxygens (including phenoxy) is 3. The van der Waals surface area contributed by atoms with Crippen LogP contribution in [0.1, 0.15) is 25.3 Å². The van der Waals surface area contributed by atoms with Crippen molar-refractivity contribution in [3.63, 3.8) is 0 Å². The van der Waals surface area contributed by atoms with Gasteiger partial charge in [-0.25, -0.2) is 4.98 Å². The molecule has 0 saturated heterocycles. The molecule has 146 valence electrons. The molecule has 0 amide bonds. The highest BCUT2D eigenvalue weighted by Crippen LogP contribution is 2.42. The van der Waals surface area contributed by atoms with Gasteiger partial charge in [-0.3, -0.25) is 0 Å². The van der Waals surface area contributed by atoms with Crippen LogP contribution in [0, 0.1) is 0 Å². The first-order chi connectivity index (χ1) is 13.5. The minimum absolute atomic E-state index is 0.443. The Morgan fingerprint density at radius 1 is 0.821 bits per heavy atom. The maximum Gasteiger partial charge on any atom is 0.203 e. The highest BCUT2D eigenvalue weighted by molar-refractivity contribution is 5.81. The summed E-state index contributed by atoms with van der Waals surface area (Å²) in [4.78, 5) is 4.42. The van der Waals surface area contributed by atoms with Gasteiger partial charge >= 0.3 is 0 Å². The van der Waals surface area contributed by atoms with Gasteiger partial charge in [0, 0.05) is 17.3 Å². The van der Waals surface area contributed by atoms with Crippen LogP contribution < -0.4 is 19.9 Å². The number of rotatable bonds is 6. The summed E-state index contributed by atoms with van der Waals surface area (Å²) < 4.78 is 16.4. The van der Waals surface area contributed by atoms with E-state index in [0.29, 0.717) is 29.0 Å². The van der Waals surface area contributed by atoms with E-state index >= 15 is 0 Å². The van der Waals surface area contributed by atoms with Gasteiger partial charge in [-0.2, -0.15) is 0 Å².